The first-order chi connectivity index (χ1) is 9.16. The van der Waals surface area contributed by atoms with E-state index >= 15 is 0 Å². The fourth-order valence-corrected chi connectivity index (χ4v) is 1.98. The molecule has 1 aromatic heterocycles. The topological polar surface area (TPSA) is 42.0 Å². The number of pyridine rings is 1. The van der Waals surface area contributed by atoms with Crippen molar-refractivity contribution in [3.63, 3.8) is 0 Å². The number of aromatic nitrogens is 1. The van der Waals surface area contributed by atoms with Crippen molar-refractivity contribution in [3.8, 4) is 0 Å². The molecule has 0 aliphatic heterocycles. The number of anilines is 1. The summed E-state index contributed by atoms with van der Waals surface area (Å²) >= 11 is 5.93. The number of nitrogens with zero attached hydrogens (tertiary/aromatic N) is 1. The maximum absolute atomic E-state index is 11.8. The standard InChI is InChI=1S/C15H15ClN2O/c1-11-5-2-3-6-12(11)8-9-14(19)18-15-13(16)7-4-10-17-15/h2-7,10H,8-9H2,1H3,(H,17,18,19). The molecule has 0 unspecified atom stereocenters. The Labute approximate surface area is 117 Å². The largest absolute Gasteiger partial charge is 0.309 e. The van der Waals surface area contributed by atoms with Gasteiger partial charge in [0.25, 0.3) is 0 Å². The number of rotatable bonds is 4. The average Bonchev–Trinajstić information content (AvgIpc) is 2.40. The summed E-state index contributed by atoms with van der Waals surface area (Å²) in [6, 6.07) is 11.5. The molecule has 0 fully saturated rings. The molecule has 0 aliphatic carbocycles. The Balaban J connectivity index is 1.92. The molecule has 2 rings (SSSR count). The van der Waals surface area contributed by atoms with Crippen LogP contribution in [0.2, 0.25) is 5.02 Å². The molecular formula is C15H15ClN2O. The number of benzene rings is 1. The van der Waals surface area contributed by atoms with Crippen LogP contribution in [0, 0.1) is 6.92 Å². The van der Waals surface area contributed by atoms with E-state index in [1.165, 1.54) is 11.1 Å². The highest BCUT2D eigenvalue weighted by molar-refractivity contribution is 6.33. The molecule has 2 aromatic rings. The molecule has 1 aromatic carbocycles. The molecule has 0 bridgehead atoms. The normalized spacial score (nSPS) is 10.2. The Hall–Kier alpha value is -1.87. The molecule has 0 radical (unpaired) electrons. The fraction of sp³-hybridized carbons (Fsp3) is 0.200. The quantitative estimate of drug-likeness (QED) is 0.925. The van der Waals surface area contributed by atoms with Crippen LogP contribution < -0.4 is 5.32 Å². The minimum atomic E-state index is -0.0798. The van der Waals surface area contributed by atoms with Gasteiger partial charge in [-0.05, 0) is 36.6 Å². The van der Waals surface area contributed by atoms with Crippen molar-refractivity contribution < 1.29 is 4.79 Å². The van der Waals surface area contributed by atoms with Crippen LogP contribution in [0.25, 0.3) is 0 Å². The lowest BCUT2D eigenvalue weighted by atomic mass is 10.0. The summed E-state index contributed by atoms with van der Waals surface area (Å²) in [6.07, 6.45) is 2.73. The van der Waals surface area contributed by atoms with E-state index in [9.17, 15) is 4.79 Å². The average molecular weight is 275 g/mol. The van der Waals surface area contributed by atoms with E-state index < -0.39 is 0 Å². The van der Waals surface area contributed by atoms with Gasteiger partial charge in [0.15, 0.2) is 5.82 Å². The highest BCUT2D eigenvalue weighted by atomic mass is 35.5. The van der Waals surface area contributed by atoms with Gasteiger partial charge in [0.1, 0.15) is 0 Å². The Morgan fingerprint density at radius 1 is 1.26 bits per heavy atom. The van der Waals surface area contributed by atoms with Crippen molar-refractivity contribution in [1.29, 1.82) is 0 Å². The molecule has 98 valence electrons. The third-order valence-corrected chi connectivity index (χ3v) is 3.20. The van der Waals surface area contributed by atoms with Crippen LogP contribution in [-0.4, -0.2) is 10.9 Å². The van der Waals surface area contributed by atoms with E-state index in [1.807, 2.05) is 31.2 Å². The predicted octanol–water partition coefficient (Wildman–Crippen LogP) is 3.61. The highest BCUT2D eigenvalue weighted by Gasteiger charge is 2.07. The molecule has 1 N–H and O–H groups in total. The number of hydrogen-bond donors (Lipinski definition) is 1. The summed E-state index contributed by atoms with van der Waals surface area (Å²) in [5.74, 6) is 0.336. The number of amides is 1. The van der Waals surface area contributed by atoms with Gasteiger partial charge in [-0.2, -0.15) is 0 Å². The summed E-state index contributed by atoms with van der Waals surface area (Å²) in [6.45, 7) is 2.04. The maximum Gasteiger partial charge on any atom is 0.225 e. The summed E-state index contributed by atoms with van der Waals surface area (Å²) in [5.41, 5.74) is 2.39. The van der Waals surface area contributed by atoms with Gasteiger partial charge in [-0.1, -0.05) is 35.9 Å². The zero-order valence-corrected chi connectivity index (χ0v) is 11.4. The first-order valence-electron chi connectivity index (χ1n) is 6.11. The van der Waals surface area contributed by atoms with Crippen LogP contribution in [0.4, 0.5) is 5.82 Å². The zero-order valence-electron chi connectivity index (χ0n) is 10.7. The van der Waals surface area contributed by atoms with Crippen molar-refractivity contribution in [1.82, 2.24) is 4.98 Å². The summed E-state index contributed by atoms with van der Waals surface area (Å²) < 4.78 is 0. The summed E-state index contributed by atoms with van der Waals surface area (Å²) in [5, 5.41) is 3.17. The second-order valence-electron chi connectivity index (χ2n) is 4.31. The molecular weight excluding hydrogens is 260 g/mol. The van der Waals surface area contributed by atoms with E-state index in [-0.39, 0.29) is 5.91 Å². The van der Waals surface area contributed by atoms with E-state index in [1.54, 1.807) is 18.3 Å². The van der Waals surface area contributed by atoms with Gasteiger partial charge in [0.05, 0.1) is 5.02 Å². The first kappa shape index (κ1) is 13.6. The molecule has 4 heteroatoms. The maximum atomic E-state index is 11.8. The van der Waals surface area contributed by atoms with Crippen LogP contribution in [0.5, 0.6) is 0 Å². The minimum Gasteiger partial charge on any atom is -0.309 e. The van der Waals surface area contributed by atoms with Gasteiger partial charge in [0, 0.05) is 12.6 Å². The third-order valence-electron chi connectivity index (χ3n) is 2.90. The van der Waals surface area contributed by atoms with Gasteiger partial charge in [-0.15, -0.1) is 0 Å². The van der Waals surface area contributed by atoms with Crippen molar-refractivity contribution in [2.45, 2.75) is 19.8 Å². The molecule has 1 amide bonds. The Bertz CT molecular complexity index is 584. The molecule has 3 nitrogen and oxygen atoms in total. The monoisotopic (exact) mass is 274 g/mol. The van der Waals surface area contributed by atoms with E-state index in [4.69, 9.17) is 11.6 Å². The van der Waals surface area contributed by atoms with E-state index in [2.05, 4.69) is 10.3 Å². The number of carbonyl (C=O) groups excluding carboxylic acids is 1. The van der Waals surface area contributed by atoms with Gasteiger partial charge in [-0.3, -0.25) is 4.79 Å². The Morgan fingerprint density at radius 2 is 2.05 bits per heavy atom. The van der Waals surface area contributed by atoms with Crippen molar-refractivity contribution in [2.75, 3.05) is 5.32 Å². The summed E-state index contributed by atoms with van der Waals surface area (Å²) in [7, 11) is 0. The Kier molecular flexibility index (Phi) is 4.53. The van der Waals surface area contributed by atoms with Crippen LogP contribution >= 0.6 is 11.6 Å². The third kappa shape index (κ3) is 3.80. The second kappa shape index (κ2) is 6.34. The highest BCUT2D eigenvalue weighted by Crippen LogP contribution is 2.18. The van der Waals surface area contributed by atoms with Crippen molar-refractivity contribution in [2.24, 2.45) is 0 Å². The number of aryl methyl sites for hydroxylation is 2. The lowest BCUT2D eigenvalue weighted by molar-refractivity contribution is -0.116. The molecule has 19 heavy (non-hydrogen) atoms. The smallest absolute Gasteiger partial charge is 0.225 e. The molecule has 1 heterocycles. The van der Waals surface area contributed by atoms with Crippen LogP contribution in [0.1, 0.15) is 17.5 Å². The molecule has 0 aliphatic rings. The van der Waals surface area contributed by atoms with Crippen molar-refractivity contribution >= 4 is 23.3 Å². The number of halogens is 1. The van der Waals surface area contributed by atoms with Crippen LogP contribution in [0.3, 0.4) is 0 Å². The van der Waals surface area contributed by atoms with Gasteiger partial charge in [0.2, 0.25) is 5.91 Å². The fourth-order valence-electron chi connectivity index (χ4n) is 1.81. The Morgan fingerprint density at radius 3 is 2.79 bits per heavy atom. The van der Waals surface area contributed by atoms with Gasteiger partial charge >= 0.3 is 0 Å². The van der Waals surface area contributed by atoms with E-state index in [0.29, 0.717) is 23.7 Å². The molecule has 0 saturated carbocycles. The minimum absolute atomic E-state index is 0.0798. The lowest BCUT2D eigenvalue weighted by Crippen LogP contribution is -2.13. The number of nitrogens with one attached hydrogen (secondary N) is 1. The van der Waals surface area contributed by atoms with Crippen molar-refractivity contribution in [3.05, 3.63) is 58.7 Å². The molecule has 0 spiro atoms. The lowest BCUT2D eigenvalue weighted by Gasteiger charge is -2.07. The van der Waals surface area contributed by atoms with Gasteiger partial charge < -0.3 is 5.32 Å². The predicted molar refractivity (Wildman–Crippen MR) is 77.4 cm³/mol. The zero-order chi connectivity index (χ0) is 13.7. The SMILES string of the molecule is Cc1ccccc1CCC(=O)Nc1ncccc1Cl. The summed E-state index contributed by atoms with van der Waals surface area (Å²) in [4.78, 5) is 15.9. The number of carbonyl (C=O) groups is 1. The second-order valence-corrected chi connectivity index (χ2v) is 4.72. The van der Waals surface area contributed by atoms with E-state index in [0.717, 1.165) is 0 Å². The number of hydrogen-bond acceptors (Lipinski definition) is 2. The van der Waals surface area contributed by atoms with Crippen LogP contribution in [0.15, 0.2) is 42.6 Å². The molecule has 0 saturated heterocycles. The molecule has 0 atom stereocenters. The van der Waals surface area contributed by atoms with Gasteiger partial charge in [-0.25, -0.2) is 4.98 Å². The first-order valence-corrected chi connectivity index (χ1v) is 6.49. The van der Waals surface area contributed by atoms with Crippen LogP contribution in [-0.2, 0) is 11.2 Å².